The predicted molar refractivity (Wildman–Crippen MR) is 117 cm³/mol. The van der Waals surface area contributed by atoms with Gasteiger partial charge in [0.25, 0.3) is 0 Å². The summed E-state index contributed by atoms with van der Waals surface area (Å²) in [5.74, 6) is 1.00. The minimum atomic E-state index is -0.781. The molecule has 0 saturated carbocycles. The fraction of sp³-hybridized carbons (Fsp3) is 0.148. The van der Waals surface area contributed by atoms with Crippen LogP contribution in [0.5, 0.6) is 0 Å². The fourth-order valence-electron chi connectivity index (χ4n) is 4.60. The average Bonchev–Trinajstić information content (AvgIpc) is 3.39. The summed E-state index contributed by atoms with van der Waals surface area (Å²) < 4.78 is 12.9. The largest absolute Gasteiger partial charge is 0.472 e. The van der Waals surface area contributed by atoms with Gasteiger partial charge in [0.1, 0.15) is 5.58 Å². The number of nitriles is 1. The maximum Gasteiger partial charge on any atom is 0.177 e. The van der Waals surface area contributed by atoms with Crippen LogP contribution in [0, 0.1) is 17.2 Å². The van der Waals surface area contributed by atoms with Gasteiger partial charge in [0.2, 0.25) is 0 Å². The summed E-state index contributed by atoms with van der Waals surface area (Å²) in [6.07, 6.45) is 0.760. The van der Waals surface area contributed by atoms with Crippen molar-refractivity contribution in [3.05, 3.63) is 113 Å². The number of furan rings is 1. The van der Waals surface area contributed by atoms with E-state index < -0.39 is 5.60 Å². The van der Waals surface area contributed by atoms with Crippen LogP contribution in [-0.2, 0) is 10.3 Å². The van der Waals surface area contributed by atoms with Crippen LogP contribution >= 0.6 is 0 Å². The Balaban J connectivity index is 1.75. The molecule has 0 bridgehead atoms. The van der Waals surface area contributed by atoms with E-state index in [-0.39, 0.29) is 5.92 Å². The number of benzene rings is 3. The molecule has 5 rings (SSSR count). The summed E-state index contributed by atoms with van der Waals surface area (Å²) in [6, 6.07) is 32.6. The van der Waals surface area contributed by atoms with Gasteiger partial charge in [0, 0.05) is 22.4 Å². The predicted octanol–water partition coefficient (Wildman–Crippen LogP) is 6.67. The summed E-state index contributed by atoms with van der Waals surface area (Å²) in [7, 11) is 0. The first-order valence-corrected chi connectivity index (χ1v) is 10.2. The third-order valence-electron chi connectivity index (χ3n) is 5.93. The Labute approximate surface area is 175 Å². The first-order chi connectivity index (χ1) is 14.8. The zero-order valence-electron chi connectivity index (χ0n) is 16.7. The van der Waals surface area contributed by atoms with Crippen LogP contribution in [0.1, 0.15) is 30.2 Å². The van der Waals surface area contributed by atoms with Crippen molar-refractivity contribution < 1.29 is 9.15 Å². The molecule has 0 radical (unpaired) electrons. The molecule has 0 amide bonds. The highest BCUT2D eigenvalue weighted by Crippen LogP contribution is 2.54. The molecule has 0 aliphatic carbocycles. The zero-order chi connectivity index (χ0) is 20.6. The number of nitrogens with zero attached hydrogens (tertiary/aromatic N) is 1. The van der Waals surface area contributed by atoms with Gasteiger partial charge in [-0.1, -0.05) is 85.8 Å². The smallest absolute Gasteiger partial charge is 0.177 e. The van der Waals surface area contributed by atoms with E-state index in [2.05, 4.69) is 37.3 Å². The SMILES string of the molecule is CCC1C(C#N)=C(c2cc3ccccc3o2)OC1(c1ccccc1)c1ccccc1. The number of hydrogen-bond acceptors (Lipinski definition) is 3. The van der Waals surface area contributed by atoms with E-state index in [1.54, 1.807) is 0 Å². The number of para-hydroxylation sites is 1. The van der Waals surface area contributed by atoms with Crippen molar-refractivity contribution in [1.29, 1.82) is 5.26 Å². The molecule has 146 valence electrons. The number of fused-ring (bicyclic) bond motifs is 1. The maximum atomic E-state index is 10.2. The lowest BCUT2D eigenvalue weighted by Gasteiger charge is -2.36. The molecule has 1 aromatic heterocycles. The minimum Gasteiger partial charge on any atom is -0.472 e. The minimum absolute atomic E-state index is 0.129. The lowest BCUT2D eigenvalue weighted by atomic mass is 9.73. The normalized spacial score (nSPS) is 17.7. The quantitative estimate of drug-likeness (QED) is 0.390. The van der Waals surface area contributed by atoms with Crippen molar-refractivity contribution in [2.45, 2.75) is 18.9 Å². The molecular formula is C27H21NO2. The topological polar surface area (TPSA) is 46.2 Å². The lowest BCUT2D eigenvalue weighted by molar-refractivity contribution is 0.0549. The maximum absolute atomic E-state index is 10.2. The van der Waals surface area contributed by atoms with Crippen molar-refractivity contribution in [3.63, 3.8) is 0 Å². The number of rotatable bonds is 4. The van der Waals surface area contributed by atoms with Crippen LogP contribution < -0.4 is 0 Å². The first-order valence-electron chi connectivity index (χ1n) is 10.2. The second-order valence-electron chi connectivity index (χ2n) is 7.53. The van der Waals surface area contributed by atoms with Gasteiger partial charge in [-0.25, -0.2) is 0 Å². The van der Waals surface area contributed by atoms with Gasteiger partial charge in [0.15, 0.2) is 17.1 Å². The molecule has 1 atom stereocenters. The average molecular weight is 391 g/mol. The molecule has 1 aliphatic heterocycles. The summed E-state index contributed by atoms with van der Waals surface area (Å²) in [6.45, 7) is 2.10. The fourth-order valence-corrected chi connectivity index (χ4v) is 4.60. The van der Waals surface area contributed by atoms with Gasteiger partial charge in [-0.05, 0) is 18.6 Å². The Bertz CT molecular complexity index is 1190. The van der Waals surface area contributed by atoms with Gasteiger partial charge in [0.05, 0.1) is 11.6 Å². The highest BCUT2D eigenvalue weighted by atomic mass is 16.5. The van der Waals surface area contributed by atoms with E-state index >= 15 is 0 Å². The molecule has 3 heteroatoms. The molecular weight excluding hydrogens is 370 g/mol. The van der Waals surface area contributed by atoms with Gasteiger partial charge in [-0.3, -0.25) is 0 Å². The molecule has 0 saturated heterocycles. The Kier molecular flexibility index (Phi) is 4.41. The Morgan fingerprint density at radius 3 is 2.03 bits per heavy atom. The molecule has 2 heterocycles. The van der Waals surface area contributed by atoms with Crippen molar-refractivity contribution in [2.75, 3.05) is 0 Å². The molecule has 1 unspecified atom stereocenters. The van der Waals surface area contributed by atoms with Gasteiger partial charge in [-0.15, -0.1) is 0 Å². The lowest BCUT2D eigenvalue weighted by Crippen LogP contribution is -2.35. The Morgan fingerprint density at radius 1 is 0.867 bits per heavy atom. The van der Waals surface area contributed by atoms with Gasteiger partial charge in [-0.2, -0.15) is 5.26 Å². The van der Waals surface area contributed by atoms with Crippen LogP contribution in [-0.4, -0.2) is 0 Å². The summed E-state index contributed by atoms with van der Waals surface area (Å²) in [5.41, 5.74) is 2.69. The van der Waals surface area contributed by atoms with Gasteiger partial charge >= 0.3 is 0 Å². The second kappa shape index (κ2) is 7.24. The van der Waals surface area contributed by atoms with Crippen molar-refractivity contribution in [2.24, 2.45) is 5.92 Å². The molecule has 0 N–H and O–H groups in total. The van der Waals surface area contributed by atoms with Crippen LogP contribution in [0.3, 0.4) is 0 Å². The molecule has 3 nitrogen and oxygen atoms in total. The third-order valence-corrected chi connectivity index (χ3v) is 5.93. The monoisotopic (exact) mass is 391 g/mol. The van der Waals surface area contributed by atoms with Crippen molar-refractivity contribution >= 4 is 16.7 Å². The second-order valence-corrected chi connectivity index (χ2v) is 7.53. The van der Waals surface area contributed by atoms with Crippen LogP contribution in [0.15, 0.2) is 101 Å². The molecule has 4 aromatic rings. The summed E-state index contributed by atoms with van der Waals surface area (Å²) in [5, 5.41) is 11.2. The highest BCUT2D eigenvalue weighted by molar-refractivity contribution is 5.82. The molecule has 1 aliphatic rings. The van der Waals surface area contributed by atoms with Crippen LogP contribution in [0.4, 0.5) is 0 Å². The molecule has 3 aromatic carbocycles. The zero-order valence-corrected chi connectivity index (χ0v) is 16.7. The van der Waals surface area contributed by atoms with E-state index in [0.29, 0.717) is 17.1 Å². The molecule has 30 heavy (non-hydrogen) atoms. The van der Waals surface area contributed by atoms with Crippen molar-refractivity contribution in [3.8, 4) is 6.07 Å². The van der Waals surface area contributed by atoms with E-state index in [1.165, 1.54) is 0 Å². The number of hydrogen-bond donors (Lipinski definition) is 0. The van der Waals surface area contributed by atoms with E-state index in [1.807, 2.05) is 66.7 Å². The van der Waals surface area contributed by atoms with Crippen LogP contribution in [0.2, 0.25) is 0 Å². The number of ether oxygens (including phenoxy) is 1. The van der Waals surface area contributed by atoms with Gasteiger partial charge < -0.3 is 9.15 Å². The summed E-state index contributed by atoms with van der Waals surface area (Å²) in [4.78, 5) is 0. The Hall–Kier alpha value is -3.77. The van der Waals surface area contributed by atoms with E-state index in [4.69, 9.17) is 9.15 Å². The van der Waals surface area contributed by atoms with E-state index in [0.717, 1.165) is 28.5 Å². The first kappa shape index (κ1) is 18.3. The van der Waals surface area contributed by atoms with Crippen molar-refractivity contribution in [1.82, 2.24) is 0 Å². The molecule has 0 fully saturated rings. The highest BCUT2D eigenvalue weighted by Gasteiger charge is 2.52. The van der Waals surface area contributed by atoms with E-state index in [9.17, 15) is 5.26 Å². The Morgan fingerprint density at radius 2 is 1.47 bits per heavy atom. The van der Waals surface area contributed by atoms with Crippen LogP contribution in [0.25, 0.3) is 16.7 Å². The summed E-state index contributed by atoms with van der Waals surface area (Å²) >= 11 is 0. The third kappa shape index (κ3) is 2.65. The molecule has 0 spiro atoms. The standard InChI is InChI=1S/C27H21NO2/c1-2-23-22(18-28)26(25-17-19-11-9-10-16-24(19)29-25)30-27(23,20-12-5-3-6-13-20)21-14-7-4-8-15-21/h3-17,23H,2H2,1H3.